The molecule has 7 nitrogen and oxygen atoms in total. The Morgan fingerprint density at radius 3 is 2.93 bits per heavy atom. The number of thioether (sulfide) groups is 1. The fraction of sp³-hybridized carbons (Fsp3) is 0.316. The number of hydrogen-bond donors (Lipinski definition) is 1. The van der Waals surface area contributed by atoms with Crippen molar-refractivity contribution < 1.29 is 13.9 Å². The molecule has 3 heterocycles. The van der Waals surface area contributed by atoms with Gasteiger partial charge in [0.25, 0.3) is 0 Å². The van der Waals surface area contributed by atoms with Crippen LogP contribution >= 0.6 is 35.0 Å². The van der Waals surface area contributed by atoms with Crippen molar-refractivity contribution in [2.75, 3.05) is 17.7 Å². The third-order valence-electron chi connectivity index (χ3n) is 4.41. The second kappa shape index (κ2) is 9.21. The predicted molar refractivity (Wildman–Crippen MR) is 113 cm³/mol. The normalized spacial score (nSPS) is 16.3. The number of carbonyl (C=O) groups is 1. The summed E-state index contributed by atoms with van der Waals surface area (Å²) in [5, 5.41) is 12.8. The lowest BCUT2D eigenvalue weighted by atomic mass is 10.2. The van der Waals surface area contributed by atoms with Crippen LogP contribution in [-0.2, 0) is 16.1 Å². The summed E-state index contributed by atoms with van der Waals surface area (Å²) >= 11 is 13.3. The zero-order valence-corrected chi connectivity index (χ0v) is 17.6. The number of hydrogen-bond acceptors (Lipinski definition) is 6. The number of benzene rings is 1. The number of carbonyl (C=O) groups excluding carboxylic acids is 1. The molecule has 1 amide bonds. The van der Waals surface area contributed by atoms with E-state index in [1.165, 1.54) is 11.8 Å². The summed E-state index contributed by atoms with van der Waals surface area (Å²) in [6, 6.07) is 8.56. The first-order valence-electron chi connectivity index (χ1n) is 9.06. The van der Waals surface area contributed by atoms with Gasteiger partial charge in [-0.3, -0.25) is 9.36 Å². The van der Waals surface area contributed by atoms with E-state index < -0.39 is 0 Å². The van der Waals surface area contributed by atoms with Gasteiger partial charge in [0.15, 0.2) is 10.9 Å². The van der Waals surface area contributed by atoms with Crippen molar-refractivity contribution in [1.82, 2.24) is 14.8 Å². The molecule has 29 heavy (non-hydrogen) atoms. The van der Waals surface area contributed by atoms with E-state index in [9.17, 15) is 4.79 Å². The molecule has 4 rings (SSSR count). The first-order chi connectivity index (χ1) is 14.1. The highest BCUT2D eigenvalue weighted by molar-refractivity contribution is 7.99. The van der Waals surface area contributed by atoms with Gasteiger partial charge in [0.2, 0.25) is 11.7 Å². The van der Waals surface area contributed by atoms with Crippen molar-refractivity contribution in [2.45, 2.75) is 30.6 Å². The maximum absolute atomic E-state index is 12.4. The van der Waals surface area contributed by atoms with Crippen LogP contribution in [0.2, 0.25) is 10.0 Å². The Balaban J connectivity index is 1.46. The first-order valence-corrected chi connectivity index (χ1v) is 10.8. The van der Waals surface area contributed by atoms with E-state index in [0.717, 1.165) is 19.4 Å². The zero-order valence-electron chi connectivity index (χ0n) is 15.3. The Morgan fingerprint density at radius 1 is 1.31 bits per heavy atom. The van der Waals surface area contributed by atoms with Crippen LogP contribution in [0.5, 0.6) is 0 Å². The van der Waals surface area contributed by atoms with Crippen LogP contribution < -0.4 is 5.32 Å². The van der Waals surface area contributed by atoms with Crippen molar-refractivity contribution in [2.24, 2.45) is 0 Å². The maximum atomic E-state index is 12.4. The molecule has 1 aromatic carbocycles. The second-order valence-electron chi connectivity index (χ2n) is 6.49. The Hall–Kier alpha value is -2.00. The number of ether oxygens (including phenoxy) is 1. The lowest BCUT2D eigenvalue weighted by Crippen LogP contribution is -2.18. The van der Waals surface area contributed by atoms with Crippen LogP contribution in [0.3, 0.4) is 0 Å². The highest BCUT2D eigenvalue weighted by Gasteiger charge is 2.23. The molecule has 1 N–H and O–H groups in total. The van der Waals surface area contributed by atoms with Crippen molar-refractivity contribution in [3.63, 3.8) is 0 Å². The van der Waals surface area contributed by atoms with Gasteiger partial charge >= 0.3 is 0 Å². The van der Waals surface area contributed by atoms with E-state index in [4.69, 9.17) is 32.4 Å². The Bertz CT molecular complexity index is 988. The fourth-order valence-electron chi connectivity index (χ4n) is 3.05. The summed E-state index contributed by atoms with van der Waals surface area (Å²) in [6.45, 7) is 1.37. The molecule has 1 aliphatic heterocycles. The fourth-order valence-corrected chi connectivity index (χ4v) is 4.25. The molecular weight excluding hydrogens is 435 g/mol. The molecule has 1 saturated heterocycles. The van der Waals surface area contributed by atoms with Gasteiger partial charge < -0.3 is 14.5 Å². The summed E-state index contributed by atoms with van der Waals surface area (Å²) in [5.41, 5.74) is 0.513. The lowest BCUT2D eigenvalue weighted by molar-refractivity contribution is -0.113. The molecule has 152 valence electrons. The molecule has 10 heteroatoms. The van der Waals surface area contributed by atoms with Gasteiger partial charge in [0.1, 0.15) is 0 Å². The van der Waals surface area contributed by atoms with Crippen LogP contribution in [0.1, 0.15) is 12.8 Å². The van der Waals surface area contributed by atoms with Crippen molar-refractivity contribution in [3.8, 4) is 11.6 Å². The predicted octanol–water partition coefficient (Wildman–Crippen LogP) is 4.75. The van der Waals surface area contributed by atoms with Gasteiger partial charge in [0.05, 0.1) is 35.4 Å². The number of aromatic nitrogens is 3. The van der Waals surface area contributed by atoms with Gasteiger partial charge in [-0.25, -0.2) is 0 Å². The molecule has 0 saturated carbocycles. The highest BCUT2D eigenvalue weighted by atomic mass is 35.5. The van der Waals surface area contributed by atoms with E-state index in [1.807, 2.05) is 10.6 Å². The molecular formula is C19H18Cl2N4O3S. The van der Waals surface area contributed by atoms with E-state index in [-0.39, 0.29) is 17.8 Å². The smallest absolute Gasteiger partial charge is 0.234 e. The standard InChI is InChI=1S/C19H18Cl2N4O3S/c20-12-5-6-15(14(21)9-12)22-17(26)11-29-19-24-23-18(16-4-2-8-28-16)25(19)10-13-3-1-7-27-13/h2,4-6,8-9,13H,1,3,7,10-11H2,(H,22,26). The van der Waals surface area contributed by atoms with Crippen LogP contribution in [0.4, 0.5) is 5.69 Å². The molecule has 0 radical (unpaired) electrons. The largest absolute Gasteiger partial charge is 0.461 e. The monoisotopic (exact) mass is 452 g/mol. The first kappa shape index (κ1) is 20.3. The number of nitrogens with zero attached hydrogens (tertiary/aromatic N) is 3. The molecule has 0 spiro atoms. The Kier molecular flexibility index (Phi) is 6.44. The molecule has 0 aliphatic carbocycles. The van der Waals surface area contributed by atoms with Crippen LogP contribution in [0, 0.1) is 0 Å². The van der Waals surface area contributed by atoms with E-state index in [2.05, 4.69) is 15.5 Å². The van der Waals surface area contributed by atoms with E-state index in [1.54, 1.807) is 30.5 Å². The van der Waals surface area contributed by atoms with Crippen molar-refractivity contribution in [1.29, 1.82) is 0 Å². The number of nitrogens with one attached hydrogen (secondary N) is 1. The molecule has 1 atom stereocenters. The van der Waals surface area contributed by atoms with Crippen LogP contribution in [0.25, 0.3) is 11.6 Å². The summed E-state index contributed by atoms with van der Waals surface area (Å²) in [4.78, 5) is 12.4. The zero-order chi connectivity index (χ0) is 20.2. The van der Waals surface area contributed by atoms with Crippen LogP contribution in [-0.4, -0.2) is 39.1 Å². The average molecular weight is 453 g/mol. The summed E-state index contributed by atoms with van der Waals surface area (Å²) in [6.07, 6.45) is 3.71. The minimum absolute atomic E-state index is 0.0979. The van der Waals surface area contributed by atoms with Gasteiger partial charge in [-0.2, -0.15) is 0 Å². The molecule has 2 aromatic heterocycles. The molecule has 1 fully saturated rings. The highest BCUT2D eigenvalue weighted by Crippen LogP contribution is 2.28. The SMILES string of the molecule is O=C(CSc1nnc(-c2ccco2)n1CC1CCCO1)Nc1ccc(Cl)cc1Cl. The number of amides is 1. The topological polar surface area (TPSA) is 82.2 Å². The summed E-state index contributed by atoms with van der Waals surface area (Å²) in [7, 11) is 0. The minimum atomic E-state index is -0.203. The Morgan fingerprint density at radius 2 is 2.21 bits per heavy atom. The molecule has 0 bridgehead atoms. The maximum Gasteiger partial charge on any atom is 0.234 e. The number of halogens is 2. The average Bonchev–Trinajstić information content (AvgIpc) is 3.45. The number of furan rings is 1. The van der Waals surface area contributed by atoms with Gasteiger partial charge in [0, 0.05) is 11.6 Å². The van der Waals surface area contributed by atoms with Gasteiger partial charge in [-0.15, -0.1) is 10.2 Å². The van der Waals surface area contributed by atoms with Gasteiger partial charge in [-0.05, 0) is 43.2 Å². The van der Waals surface area contributed by atoms with Crippen molar-refractivity contribution >= 4 is 46.6 Å². The summed E-state index contributed by atoms with van der Waals surface area (Å²) < 4.78 is 13.2. The Labute approximate surface area is 181 Å². The minimum Gasteiger partial charge on any atom is -0.461 e. The quantitative estimate of drug-likeness (QED) is 0.520. The second-order valence-corrected chi connectivity index (χ2v) is 8.28. The van der Waals surface area contributed by atoms with Gasteiger partial charge in [-0.1, -0.05) is 35.0 Å². The number of anilines is 1. The third kappa shape index (κ3) is 4.95. The molecule has 3 aromatic rings. The molecule has 1 unspecified atom stereocenters. The molecule has 1 aliphatic rings. The van der Waals surface area contributed by atoms with Crippen molar-refractivity contribution in [3.05, 3.63) is 46.6 Å². The lowest BCUT2D eigenvalue weighted by Gasteiger charge is -2.14. The van der Waals surface area contributed by atoms with E-state index in [0.29, 0.717) is 39.0 Å². The van der Waals surface area contributed by atoms with E-state index >= 15 is 0 Å². The third-order valence-corrected chi connectivity index (χ3v) is 5.92. The number of rotatable bonds is 7. The van der Waals surface area contributed by atoms with Crippen LogP contribution in [0.15, 0.2) is 46.2 Å². The summed E-state index contributed by atoms with van der Waals surface area (Å²) in [5.74, 6) is 1.19.